The second-order valence-electron chi connectivity index (χ2n) is 7.27. The van der Waals surface area contributed by atoms with Crippen molar-refractivity contribution < 1.29 is 14.0 Å². The summed E-state index contributed by atoms with van der Waals surface area (Å²) in [4.78, 5) is 49.1. The summed E-state index contributed by atoms with van der Waals surface area (Å²) < 4.78 is 4.53. The Morgan fingerprint density at radius 1 is 1.18 bits per heavy atom. The molecule has 1 aromatic carbocycles. The second-order valence-corrected chi connectivity index (χ2v) is 8.54. The van der Waals surface area contributed by atoms with Gasteiger partial charge in [0.1, 0.15) is 5.78 Å². The molecule has 4 rings (SSSR count). The number of ketones is 1. The maximum absolute atomic E-state index is 12.3. The lowest BCUT2D eigenvalue weighted by molar-refractivity contribution is -0.118. The summed E-state index contributed by atoms with van der Waals surface area (Å²) >= 11 is 1.88. The van der Waals surface area contributed by atoms with Gasteiger partial charge in [-0.2, -0.15) is 11.8 Å². The van der Waals surface area contributed by atoms with Crippen molar-refractivity contribution in [1.82, 2.24) is 15.6 Å². The van der Waals surface area contributed by atoms with Gasteiger partial charge in [-0.3, -0.25) is 9.78 Å². The van der Waals surface area contributed by atoms with Gasteiger partial charge in [0.2, 0.25) is 0 Å². The van der Waals surface area contributed by atoms with Crippen LogP contribution in [-0.4, -0.2) is 39.9 Å². The van der Waals surface area contributed by atoms with Crippen molar-refractivity contribution in [2.24, 2.45) is 0 Å². The summed E-state index contributed by atoms with van der Waals surface area (Å²) in [5.41, 5.74) is 0.429. The molecule has 8 nitrogen and oxygen atoms in total. The van der Waals surface area contributed by atoms with Gasteiger partial charge in [0.25, 0.3) is 0 Å². The maximum atomic E-state index is 12.3. The number of fused-ring (bicyclic) bond motifs is 2. The summed E-state index contributed by atoms with van der Waals surface area (Å²) in [5, 5.41) is 6.58. The molecule has 0 spiro atoms. The molecule has 0 aliphatic carbocycles. The SMILES string of the molecule is O=C(CCCCC1SCC2NC(=O)NC21)Cc1ccc2[nH]c(=O)oc(=O)c2c1. The van der Waals surface area contributed by atoms with Crippen LogP contribution in [-0.2, 0) is 11.2 Å². The molecule has 3 unspecified atom stereocenters. The van der Waals surface area contributed by atoms with Crippen LogP contribution in [0, 0.1) is 0 Å². The van der Waals surface area contributed by atoms with E-state index >= 15 is 0 Å². The van der Waals surface area contributed by atoms with Crippen molar-refractivity contribution in [2.45, 2.75) is 49.4 Å². The van der Waals surface area contributed by atoms with Gasteiger partial charge in [-0.1, -0.05) is 12.5 Å². The number of carbonyl (C=O) groups is 2. The number of amides is 2. The minimum absolute atomic E-state index is 0.0797. The Kier molecular flexibility index (Phi) is 5.25. The summed E-state index contributed by atoms with van der Waals surface area (Å²) in [6.45, 7) is 0. The van der Waals surface area contributed by atoms with Crippen molar-refractivity contribution in [3.8, 4) is 0 Å². The van der Waals surface area contributed by atoms with Crippen LogP contribution in [0.2, 0.25) is 0 Å². The smallest absolute Gasteiger partial charge is 0.372 e. The maximum Gasteiger partial charge on any atom is 0.419 e. The first-order valence-corrected chi connectivity index (χ1v) is 10.4. The third kappa shape index (κ3) is 3.99. The highest BCUT2D eigenvalue weighted by Crippen LogP contribution is 2.33. The van der Waals surface area contributed by atoms with Gasteiger partial charge < -0.3 is 15.1 Å². The van der Waals surface area contributed by atoms with Crippen LogP contribution < -0.4 is 22.0 Å². The van der Waals surface area contributed by atoms with Gasteiger partial charge in [0.15, 0.2) is 0 Å². The largest absolute Gasteiger partial charge is 0.419 e. The van der Waals surface area contributed by atoms with E-state index in [0.717, 1.165) is 30.6 Å². The lowest BCUT2D eigenvalue weighted by Gasteiger charge is -2.16. The van der Waals surface area contributed by atoms with E-state index in [4.69, 9.17) is 0 Å². The van der Waals surface area contributed by atoms with E-state index in [9.17, 15) is 19.2 Å². The molecule has 1 aromatic heterocycles. The van der Waals surface area contributed by atoms with Crippen molar-refractivity contribution in [2.75, 3.05) is 5.75 Å². The second kappa shape index (κ2) is 7.83. The summed E-state index contributed by atoms with van der Waals surface area (Å²) in [7, 11) is 0. The Bertz CT molecular complexity index is 1030. The number of nitrogens with one attached hydrogen (secondary N) is 3. The molecule has 2 aromatic rings. The molecule has 3 heterocycles. The molecule has 2 amide bonds. The third-order valence-electron chi connectivity index (χ3n) is 5.26. The summed E-state index contributed by atoms with van der Waals surface area (Å²) in [6.07, 6.45) is 3.44. The highest BCUT2D eigenvalue weighted by Gasteiger charge is 2.42. The number of Topliss-reactive ketones (excluding diaryl/α,β-unsaturated/α-hetero) is 1. The van der Waals surface area contributed by atoms with E-state index in [2.05, 4.69) is 20.0 Å². The van der Waals surface area contributed by atoms with Crippen molar-refractivity contribution in [3.05, 3.63) is 44.7 Å². The predicted octanol–water partition coefficient (Wildman–Crippen LogP) is 1.32. The number of benzene rings is 1. The fraction of sp³-hybridized carbons (Fsp3) is 0.474. The minimum atomic E-state index is -0.791. The fourth-order valence-corrected chi connectivity index (χ4v) is 5.42. The van der Waals surface area contributed by atoms with Gasteiger partial charge in [-0.05, 0) is 30.5 Å². The van der Waals surface area contributed by atoms with E-state index < -0.39 is 11.4 Å². The van der Waals surface area contributed by atoms with Crippen LogP contribution in [0.4, 0.5) is 4.79 Å². The molecular weight excluding hydrogens is 382 g/mol. The van der Waals surface area contributed by atoms with Crippen LogP contribution in [0.1, 0.15) is 31.2 Å². The molecule has 28 heavy (non-hydrogen) atoms. The topological polar surface area (TPSA) is 121 Å². The Balaban J connectivity index is 1.26. The molecule has 2 aliphatic rings. The van der Waals surface area contributed by atoms with Crippen molar-refractivity contribution in [3.63, 3.8) is 0 Å². The number of hydrogen-bond donors (Lipinski definition) is 3. The molecule has 3 atom stereocenters. The van der Waals surface area contributed by atoms with Gasteiger partial charge in [-0.25, -0.2) is 14.4 Å². The molecule has 2 aliphatic heterocycles. The number of urea groups is 1. The number of H-pyrrole nitrogens is 1. The highest BCUT2D eigenvalue weighted by atomic mass is 32.2. The van der Waals surface area contributed by atoms with E-state index in [1.54, 1.807) is 18.2 Å². The zero-order chi connectivity index (χ0) is 19.7. The first-order chi connectivity index (χ1) is 13.5. The molecule has 9 heteroatoms. The molecule has 0 radical (unpaired) electrons. The molecule has 148 valence electrons. The van der Waals surface area contributed by atoms with Crippen LogP contribution in [0.3, 0.4) is 0 Å². The predicted molar refractivity (Wildman–Crippen MR) is 106 cm³/mol. The van der Waals surface area contributed by atoms with Gasteiger partial charge >= 0.3 is 17.4 Å². The average molecular weight is 403 g/mol. The monoisotopic (exact) mass is 403 g/mol. The number of carbonyl (C=O) groups excluding carboxylic acids is 2. The lowest BCUT2D eigenvalue weighted by atomic mass is 10.00. The van der Waals surface area contributed by atoms with E-state index in [1.165, 1.54) is 0 Å². The normalized spacial score (nSPS) is 23.4. The number of unbranched alkanes of at least 4 members (excludes halogenated alkanes) is 1. The average Bonchev–Trinajstić information content (AvgIpc) is 3.18. The highest BCUT2D eigenvalue weighted by molar-refractivity contribution is 8.00. The molecule has 2 fully saturated rings. The van der Waals surface area contributed by atoms with Crippen LogP contribution in [0.25, 0.3) is 10.9 Å². The van der Waals surface area contributed by atoms with Crippen molar-refractivity contribution in [1.29, 1.82) is 0 Å². The first kappa shape index (κ1) is 18.8. The standard InChI is InChI=1S/C19H21N3O5S/c23-11(3-1-2-4-15-16-14(9-28-15)20-18(25)22-16)7-10-5-6-13-12(8-10)17(24)27-19(26)21-13/h5-6,8,14-16H,1-4,7,9H2,(H,21,26)(H2,20,22,25). The lowest BCUT2D eigenvalue weighted by Crippen LogP contribution is -2.36. The summed E-state index contributed by atoms with van der Waals surface area (Å²) in [5.74, 6) is 0.260. The van der Waals surface area contributed by atoms with Gasteiger partial charge in [0.05, 0.1) is 23.0 Å². The van der Waals surface area contributed by atoms with E-state index in [0.29, 0.717) is 17.2 Å². The molecule has 2 saturated heterocycles. The zero-order valence-corrected chi connectivity index (χ0v) is 16.0. The Morgan fingerprint density at radius 3 is 2.89 bits per heavy atom. The van der Waals surface area contributed by atoms with Crippen LogP contribution >= 0.6 is 11.8 Å². The fourth-order valence-electron chi connectivity index (χ4n) is 3.88. The number of rotatable bonds is 7. The van der Waals surface area contributed by atoms with Crippen molar-refractivity contribution >= 4 is 34.5 Å². The first-order valence-electron chi connectivity index (χ1n) is 9.36. The van der Waals surface area contributed by atoms with Crippen LogP contribution in [0.15, 0.2) is 32.2 Å². The minimum Gasteiger partial charge on any atom is -0.372 e. The third-order valence-corrected chi connectivity index (χ3v) is 6.77. The molecule has 0 saturated carbocycles. The number of aromatic nitrogens is 1. The Morgan fingerprint density at radius 2 is 2.04 bits per heavy atom. The Labute approximate surface area is 164 Å². The molecule has 0 bridgehead atoms. The van der Waals surface area contributed by atoms with E-state index in [-0.39, 0.29) is 35.7 Å². The number of hydrogen-bond acceptors (Lipinski definition) is 6. The Hall–Kier alpha value is -2.55. The quantitative estimate of drug-likeness (QED) is 0.474. The zero-order valence-electron chi connectivity index (χ0n) is 15.2. The summed E-state index contributed by atoms with van der Waals surface area (Å²) in [6, 6.07) is 5.30. The van der Waals surface area contributed by atoms with Gasteiger partial charge in [0, 0.05) is 23.8 Å². The molecule has 3 N–H and O–H groups in total. The van der Waals surface area contributed by atoms with Gasteiger partial charge in [-0.15, -0.1) is 0 Å². The number of aromatic amines is 1. The molecular formula is C19H21N3O5S. The van der Waals surface area contributed by atoms with Crippen LogP contribution in [0.5, 0.6) is 0 Å². The number of thioether (sulfide) groups is 1. The van der Waals surface area contributed by atoms with E-state index in [1.807, 2.05) is 11.8 Å².